The van der Waals surface area contributed by atoms with Gasteiger partial charge < -0.3 is 0 Å². The van der Waals surface area contributed by atoms with Gasteiger partial charge in [-0.05, 0) is 35.0 Å². The van der Waals surface area contributed by atoms with Gasteiger partial charge >= 0.3 is 0 Å². The highest BCUT2D eigenvalue weighted by atomic mass is 79.9. The highest BCUT2D eigenvalue weighted by molar-refractivity contribution is 9.10. The lowest BCUT2D eigenvalue weighted by atomic mass is 10.1. The zero-order valence-corrected chi connectivity index (χ0v) is 13.0. The van der Waals surface area contributed by atoms with Crippen LogP contribution in [0.1, 0.15) is 6.92 Å². The SMILES string of the molecule is CC(CCl)(CCl)NS(=O)(=O)c1ccccc1Br. The summed E-state index contributed by atoms with van der Waals surface area (Å²) in [6.07, 6.45) is 0. The Labute approximate surface area is 120 Å². The molecule has 0 aliphatic rings. The van der Waals surface area contributed by atoms with Crippen LogP contribution in [-0.2, 0) is 10.0 Å². The van der Waals surface area contributed by atoms with E-state index in [-0.39, 0.29) is 16.7 Å². The van der Waals surface area contributed by atoms with Crippen molar-refractivity contribution >= 4 is 49.2 Å². The molecule has 0 fully saturated rings. The number of sulfonamides is 1. The predicted octanol–water partition coefficient (Wildman–Crippen LogP) is 2.96. The molecule has 1 aromatic rings. The molecule has 1 N–H and O–H groups in total. The number of alkyl halides is 2. The third-order valence-corrected chi connectivity index (χ3v) is 5.93. The number of halogens is 3. The minimum atomic E-state index is -3.64. The lowest BCUT2D eigenvalue weighted by Gasteiger charge is -2.25. The van der Waals surface area contributed by atoms with E-state index in [1.807, 2.05) is 0 Å². The fourth-order valence-corrected chi connectivity index (χ4v) is 4.12. The summed E-state index contributed by atoms with van der Waals surface area (Å²) in [6, 6.07) is 6.56. The normalized spacial score (nSPS) is 12.7. The number of nitrogens with one attached hydrogen (secondary N) is 1. The van der Waals surface area contributed by atoms with Crippen LogP contribution in [0, 0.1) is 0 Å². The van der Waals surface area contributed by atoms with Crippen LogP contribution in [0.4, 0.5) is 0 Å². The summed E-state index contributed by atoms with van der Waals surface area (Å²) in [4.78, 5) is 0.168. The molecule has 0 bridgehead atoms. The zero-order valence-electron chi connectivity index (χ0n) is 9.08. The first-order chi connectivity index (χ1) is 7.84. The Bertz CT molecular complexity index is 489. The van der Waals surface area contributed by atoms with Gasteiger partial charge in [0.2, 0.25) is 10.0 Å². The molecule has 0 aromatic heterocycles. The van der Waals surface area contributed by atoms with Crippen molar-refractivity contribution in [2.75, 3.05) is 11.8 Å². The number of benzene rings is 1. The molecule has 0 aliphatic carbocycles. The molecule has 0 saturated carbocycles. The first kappa shape index (κ1) is 15.2. The topological polar surface area (TPSA) is 46.2 Å². The molecule has 96 valence electrons. The molecule has 1 aromatic carbocycles. The Kier molecular flexibility index (Phi) is 5.28. The minimum Gasteiger partial charge on any atom is -0.207 e. The molecule has 7 heteroatoms. The van der Waals surface area contributed by atoms with Gasteiger partial charge in [0.15, 0.2) is 0 Å². The molecule has 3 nitrogen and oxygen atoms in total. The van der Waals surface area contributed by atoms with Gasteiger partial charge in [-0.25, -0.2) is 13.1 Å². The highest BCUT2D eigenvalue weighted by Crippen LogP contribution is 2.23. The van der Waals surface area contributed by atoms with Gasteiger partial charge in [0.05, 0.1) is 10.4 Å². The van der Waals surface area contributed by atoms with E-state index in [0.717, 1.165) is 0 Å². The monoisotopic (exact) mass is 359 g/mol. The third-order valence-electron chi connectivity index (χ3n) is 2.10. The summed E-state index contributed by atoms with van der Waals surface area (Å²) in [5.74, 6) is 0.195. The Morgan fingerprint density at radius 1 is 1.29 bits per heavy atom. The average Bonchev–Trinajstić information content (AvgIpc) is 2.28. The smallest absolute Gasteiger partial charge is 0.207 e. The molecular formula is C10H12BrCl2NO2S. The van der Waals surface area contributed by atoms with E-state index in [0.29, 0.717) is 4.47 Å². The van der Waals surface area contributed by atoms with Crippen LogP contribution < -0.4 is 4.72 Å². The van der Waals surface area contributed by atoms with E-state index in [9.17, 15) is 8.42 Å². The van der Waals surface area contributed by atoms with Crippen LogP contribution in [-0.4, -0.2) is 25.7 Å². The fraction of sp³-hybridized carbons (Fsp3) is 0.400. The number of hydrogen-bond acceptors (Lipinski definition) is 2. The molecule has 0 spiro atoms. The van der Waals surface area contributed by atoms with E-state index < -0.39 is 15.6 Å². The van der Waals surface area contributed by atoms with Crippen LogP contribution >= 0.6 is 39.1 Å². The molecule has 0 atom stereocenters. The summed E-state index contributed by atoms with van der Waals surface area (Å²) in [5, 5.41) is 0. The standard InChI is InChI=1S/C10H12BrCl2NO2S/c1-10(6-12,7-13)14-17(15,16)9-5-3-2-4-8(9)11/h2-5,14H,6-7H2,1H3. The van der Waals surface area contributed by atoms with Crippen LogP contribution in [0.2, 0.25) is 0 Å². The van der Waals surface area contributed by atoms with Crippen LogP contribution in [0.15, 0.2) is 33.6 Å². The van der Waals surface area contributed by atoms with Gasteiger partial charge in [0.1, 0.15) is 0 Å². The van der Waals surface area contributed by atoms with E-state index >= 15 is 0 Å². The Balaban J connectivity index is 3.10. The average molecular weight is 361 g/mol. The van der Waals surface area contributed by atoms with Crippen molar-refractivity contribution in [3.63, 3.8) is 0 Å². The highest BCUT2D eigenvalue weighted by Gasteiger charge is 2.30. The van der Waals surface area contributed by atoms with Crippen molar-refractivity contribution in [1.82, 2.24) is 4.72 Å². The van der Waals surface area contributed by atoms with Crippen molar-refractivity contribution in [3.8, 4) is 0 Å². The molecule has 0 aliphatic heterocycles. The van der Waals surface area contributed by atoms with Gasteiger partial charge in [0, 0.05) is 16.2 Å². The van der Waals surface area contributed by atoms with Crippen molar-refractivity contribution in [3.05, 3.63) is 28.7 Å². The maximum atomic E-state index is 12.1. The second-order valence-electron chi connectivity index (χ2n) is 3.86. The molecule has 0 amide bonds. The minimum absolute atomic E-state index is 0.0974. The van der Waals surface area contributed by atoms with Gasteiger partial charge in [-0.3, -0.25) is 0 Å². The van der Waals surface area contributed by atoms with E-state index in [4.69, 9.17) is 23.2 Å². The second kappa shape index (κ2) is 5.89. The molecule has 17 heavy (non-hydrogen) atoms. The predicted molar refractivity (Wildman–Crippen MR) is 74.3 cm³/mol. The van der Waals surface area contributed by atoms with Crippen molar-refractivity contribution in [2.24, 2.45) is 0 Å². The second-order valence-corrected chi connectivity index (χ2v) is 6.90. The summed E-state index contributed by atoms with van der Waals surface area (Å²) in [5.41, 5.74) is -0.864. The summed E-state index contributed by atoms with van der Waals surface area (Å²) >= 11 is 14.6. The Hall–Kier alpha value is 0.190. The quantitative estimate of drug-likeness (QED) is 0.820. The first-order valence-electron chi connectivity index (χ1n) is 4.75. The van der Waals surface area contributed by atoms with E-state index in [1.54, 1.807) is 25.1 Å². The fourth-order valence-electron chi connectivity index (χ4n) is 1.13. The molecule has 0 radical (unpaired) electrons. The lowest BCUT2D eigenvalue weighted by molar-refractivity contribution is 0.500. The molecule has 0 saturated heterocycles. The Morgan fingerprint density at radius 3 is 2.29 bits per heavy atom. The van der Waals surface area contributed by atoms with Gasteiger partial charge in [-0.15, -0.1) is 23.2 Å². The number of hydrogen-bond donors (Lipinski definition) is 1. The van der Waals surface area contributed by atoms with Gasteiger partial charge in [-0.2, -0.15) is 0 Å². The molecule has 0 unspecified atom stereocenters. The Morgan fingerprint density at radius 2 is 1.82 bits per heavy atom. The lowest BCUT2D eigenvalue weighted by Crippen LogP contribution is -2.49. The van der Waals surface area contributed by atoms with Crippen LogP contribution in [0.3, 0.4) is 0 Å². The van der Waals surface area contributed by atoms with Crippen LogP contribution in [0.5, 0.6) is 0 Å². The zero-order chi connectivity index (χ0) is 13.1. The third kappa shape index (κ3) is 3.83. The van der Waals surface area contributed by atoms with Gasteiger partial charge in [0.25, 0.3) is 0 Å². The first-order valence-corrected chi connectivity index (χ1v) is 8.09. The maximum absolute atomic E-state index is 12.1. The van der Waals surface area contributed by atoms with E-state index in [1.165, 1.54) is 6.07 Å². The molecule has 0 heterocycles. The van der Waals surface area contributed by atoms with Crippen molar-refractivity contribution < 1.29 is 8.42 Å². The summed E-state index contributed by atoms with van der Waals surface area (Å²) in [7, 11) is -3.64. The summed E-state index contributed by atoms with van der Waals surface area (Å²) < 4.78 is 27.3. The summed E-state index contributed by atoms with van der Waals surface area (Å²) in [6.45, 7) is 1.65. The largest absolute Gasteiger partial charge is 0.242 e. The van der Waals surface area contributed by atoms with Crippen molar-refractivity contribution in [1.29, 1.82) is 0 Å². The van der Waals surface area contributed by atoms with E-state index in [2.05, 4.69) is 20.7 Å². The number of rotatable bonds is 5. The van der Waals surface area contributed by atoms with Gasteiger partial charge in [-0.1, -0.05) is 12.1 Å². The van der Waals surface area contributed by atoms with Crippen LogP contribution in [0.25, 0.3) is 0 Å². The molecule has 1 rings (SSSR count). The van der Waals surface area contributed by atoms with Crippen molar-refractivity contribution in [2.45, 2.75) is 17.4 Å². The maximum Gasteiger partial charge on any atom is 0.242 e. The molecular weight excluding hydrogens is 349 g/mol.